The van der Waals surface area contributed by atoms with E-state index in [2.05, 4.69) is 36.8 Å². The van der Waals surface area contributed by atoms with Crippen molar-refractivity contribution in [3.05, 3.63) is 70.5 Å². The molecule has 0 heterocycles. The summed E-state index contributed by atoms with van der Waals surface area (Å²) in [5, 5.41) is 0. The van der Waals surface area contributed by atoms with Crippen LogP contribution in [0.2, 0.25) is 0 Å². The molecule has 0 aliphatic carbocycles. The van der Waals surface area contributed by atoms with Gasteiger partial charge in [-0.1, -0.05) is 49.7 Å². The molecule has 0 saturated heterocycles. The van der Waals surface area contributed by atoms with Gasteiger partial charge in [0, 0.05) is 11.1 Å². The molecule has 0 atom stereocenters. The van der Waals surface area contributed by atoms with Crippen molar-refractivity contribution in [2.45, 2.75) is 32.6 Å². The van der Waals surface area contributed by atoms with Crippen LogP contribution >= 0.6 is 0 Å². The summed E-state index contributed by atoms with van der Waals surface area (Å²) in [6.07, 6.45) is 10.0. The van der Waals surface area contributed by atoms with Gasteiger partial charge in [0.2, 0.25) is 0 Å². The maximum Gasteiger partial charge on any atom is 0.140 e. The Hall–Kier alpha value is -2.51. The second-order valence-corrected chi connectivity index (χ2v) is 5.24. The van der Waals surface area contributed by atoms with Gasteiger partial charge < -0.3 is 0 Å². The van der Waals surface area contributed by atoms with Crippen LogP contribution in [0.25, 0.3) is 0 Å². The number of benzene rings is 2. The number of rotatable bonds is 4. The number of aryl methyl sites for hydroxylation is 1. The summed E-state index contributed by atoms with van der Waals surface area (Å²) in [4.78, 5) is 0. The molecular weight excluding hydrogens is 271 g/mol. The molecule has 0 aliphatic heterocycles. The molecule has 22 heavy (non-hydrogen) atoms. The molecular formula is C21H19F. The Labute approximate surface area is 132 Å². The molecule has 0 aromatic heterocycles. The van der Waals surface area contributed by atoms with Gasteiger partial charge in [-0.2, -0.15) is 0 Å². The van der Waals surface area contributed by atoms with E-state index < -0.39 is 5.82 Å². The van der Waals surface area contributed by atoms with Gasteiger partial charge in [-0.15, -0.1) is 6.42 Å². The monoisotopic (exact) mass is 290 g/mol. The molecule has 0 nitrogen and oxygen atoms in total. The van der Waals surface area contributed by atoms with Crippen LogP contribution in [0.5, 0.6) is 0 Å². The third kappa shape index (κ3) is 4.51. The maximum atomic E-state index is 13.6. The van der Waals surface area contributed by atoms with Gasteiger partial charge in [0.1, 0.15) is 5.82 Å². The third-order valence-corrected chi connectivity index (χ3v) is 3.50. The van der Waals surface area contributed by atoms with Crippen LogP contribution in [0.15, 0.2) is 42.5 Å². The Morgan fingerprint density at radius 1 is 0.955 bits per heavy atom. The van der Waals surface area contributed by atoms with E-state index in [0.717, 1.165) is 12.0 Å². The zero-order valence-corrected chi connectivity index (χ0v) is 12.8. The average molecular weight is 290 g/mol. The molecule has 1 heteroatoms. The van der Waals surface area contributed by atoms with Crippen LogP contribution < -0.4 is 0 Å². The van der Waals surface area contributed by atoms with E-state index in [4.69, 9.17) is 6.42 Å². The molecule has 0 saturated carbocycles. The quantitative estimate of drug-likeness (QED) is 0.552. The first-order chi connectivity index (χ1) is 10.7. The summed E-state index contributed by atoms with van der Waals surface area (Å²) in [7, 11) is 0. The van der Waals surface area contributed by atoms with Crippen molar-refractivity contribution in [3.8, 4) is 24.2 Å². The molecule has 0 unspecified atom stereocenters. The lowest BCUT2D eigenvalue weighted by atomic mass is 10.1. The first kappa shape index (κ1) is 15.9. The van der Waals surface area contributed by atoms with Crippen molar-refractivity contribution >= 4 is 0 Å². The van der Waals surface area contributed by atoms with Crippen LogP contribution in [0, 0.1) is 30.0 Å². The largest absolute Gasteiger partial charge is 0.206 e. The van der Waals surface area contributed by atoms with Gasteiger partial charge in [0.05, 0.1) is 5.56 Å². The molecule has 0 aliphatic rings. The molecule has 0 fully saturated rings. The van der Waals surface area contributed by atoms with Crippen LogP contribution in [0.4, 0.5) is 4.39 Å². The Morgan fingerprint density at radius 3 is 2.27 bits per heavy atom. The van der Waals surface area contributed by atoms with Gasteiger partial charge in [-0.25, -0.2) is 4.39 Å². The fraction of sp³-hybridized carbons (Fsp3) is 0.238. The second kappa shape index (κ2) is 8.06. The van der Waals surface area contributed by atoms with Crippen molar-refractivity contribution < 1.29 is 4.39 Å². The number of unbranched alkanes of at least 4 members (excludes halogenated alkanes) is 2. The van der Waals surface area contributed by atoms with Crippen LogP contribution in [0.3, 0.4) is 0 Å². The lowest BCUT2D eigenvalue weighted by molar-refractivity contribution is 0.624. The Balaban J connectivity index is 2.05. The van der Waals surface area contributed by atoms with Crippen molar-refractivity contribution in [3.63, 3.8) is 0 Å². The van der Waals surface area contributed by atoms with Gasteiger partial charge in [-0.3, -0.25) is 0 Å². The number of hydrogen-bond donors (Lipinski definition) is 0. The minimum absolute atomic E-state index is 0.266. The average Bonchev–Trinajstić information content (AvgIpc) is 2.54. The molecule has 110 valence electrons. The zero-order valence-electron chi connectivity index (χ0n) is 12.8. The van der Waals surface area contributed by atoms with Gasteiger partial charge in [-0.05, 0) is 48.7 Å². The summed E-state index contributed by atoms with van der Waals surface area (Å²) >= 11 is 0. The number of halogens is 1. The minimum Gasteiger partial charge on any atom is -0.206 e. The molecule has 0 amide bonds. The Bertz CT molecular complexity index is 721. The lowest BCUT2D eigenvalue weighted by Gasteiger charge is -2.00. The summed E-state index contributed by atoms with van der Waals surface area (Å²) in [6.45, 7) is 2.21. The fourth-order valence-electron chi connectivity index (χ4n) is 2.19. The van der Waals surface area contributed by atoms with E-state index in [1.807, 2.05) is 12.1 Å². The van der Waals surface area contributed by atoms with Gasteiger partial charge >= 0.3 is 0 Å². The number of terminal acetylenes is 1. The molecule has 0 bridgehead atoms. The van der Waals surface area contributed by atoms with Crippen molar-refractivity contribution in [1.82, 2.24) is 0 Å². The Morgan fingerprint density at radius 2 is 1.64 bits per heavy atom. The third-order valence-electron chi connectivity index (χ3n) is 3.50. The van der Waals surface area contributed by atoms with Crippen LogP contribution in [0.1, 0.15) is 48.4 Å². The first-order valence-corrected chi connectivity index (χ1v) is 7.60. The predicted octanol–water partition coefficient (Wildman–Crippen LogP) is 4.94. The van der Waals surface area contributed by atoms with E-state index >= 15 is 0 Å². The molecule has 2 aromatic rings. The molecule has 0 N–H and O–H groups in total. The highest BCUT2D eigenvalue weighted by Crippen LogP contribution is 2.10. The SMILES string of the molecule is C#Cc1ccc(C#Cc2ccc(CCCCC)cc2)cc1F. The minimum atomic E-state index is -0.402. The standard InChI is InChI=1S/C21H19F/c1-3-5-6-7-17-8-10-18(11-9-17)12-13-19-14-15-20(4-2)21(22)16-19/h2,8-11,14-16H,3,5-7H2,1H3. The predicted molar refractivity (Wildman–Crippen MR) is 90.0 cm³/mol. The summed E-state index contributed by atoms with van der Waals surface area (Å²) in [5.74, 6) is 7.92. The molecule has 2 rings (SSSR count). The van der Waals surface area contributed by atoms with Crippen LogP contribution in [-0.2, 0) is 6.42 Å². The van der Waals surface area contributed by atoms with Gasteiger partial charge in [0.15, 0.2) is 0 Å². The highest BCUT2D eigenvalue weighted by Gasteiger charge is 1.99. The maximum absolute atomic E-state index is 13.6. The zero-order chi connectivity index (χ0) is 15.8. The van der Waals surface area contributed by atoms with Crippen molar-refractivity contribution in [1.29, 1.82) is 0 Å². The Kier molecular flexibility index (Phi) is 5.81. The second-order valence-electron chi connectivity index (χ2n) is 5.24. The van der Waals surface area contributed by atoms with Crippen LogP contribution in [-0.4, -0.2) is 0 Å². The van der Waals surface area contributed by atoms with E-state index in [0.29, 0.717) is 5.56 Å². The molecule has 2 aromatic carbocycles. The smallest absolute Gasteiger partial charge is 0.140 e. The fourth-order valence-corrected chi connectivity index (χ4v) is 2.19. The first-order valence-electron chi connectivity index (χ1n) is 7.60. The van der Waals surface area contributed by atoms with E-state index in [1.165, 1.54) is 30.9 Å². The van der Waals surface area contributed by atoms with E-state index in [9.17, 15) is 4.39 Å². The van der Waals surface area contributed by atoms with E-state index in [1.54, 1.807) is 12.1 Å². The lowest BCUT2D eigenvalue weighted by Crippen LogP contribution is -1.86. The van der Waals surface area contributed by atoms with Gasteiger partial charge in [0.25, 0.3) is 0 Å². The summed E-state index contributed by atoms with van der Waals surface area (Å²) in [6, 6.07) is 13.0. The number of hydrogen-bond acceptors (Lipinski definition) is 0. The molecule has 0 radical (unpaired) electrons. The highest BCUT2D eigenvalue weighted by molar-refractivity contribution is 5.46. The highest BCUT2D eigenvalue weighted by atomic mass is 19.1. The van der Waals surface area contributed by atoms with E-state index in [-0.39, 0.29) is 5.56 Å². The summed E-state index contributed by atoms with van der Waals surface area (Å²) in [5.41, 5.74) is 3.16. The van der Waals surface area contributed by atoms with Crippen molar-refractivity contribution in [2.24, 2.45) is 0 Å². The van der Waals surface area contributed by atoms with Crippen molar-refractivity contribution in [2.75, 3.05) is 0 Å². The normalized spacial score (nSPS) is 9.68. The molecule has 0 spiro atoms. The topological polar surface area (TPSA) is 0 Å². The summed E-state index contributed by atoms with van der Waals surface area (Å²) < 4.78 is 13.6.